The largest absolute Gasteiger partial charge is 0.326 e. The van der Waals surface area contributed by atoms with Gasteiger partial charge in [0.2, 0.25) is 5.91 Å². The molecule has 0 spiro atoms. The van der Waals surface area contributed by atoms with Crippen LogP contribution in [-0.2, 0) is 11.3 Å². The molecule has 2 N–H and O–H groups in total. The van der Waals surface area contributed by atoms with Crippen LogP contribution >= 0.6 is 11.3 Å². The van der Waals surface area contributed by atoms with E-state index in [2.05, 4.69) is 20.5 Å². The maximum absolute atomic E-state index is 12.6. The van der Waals surface area contributed by atoms with Gasteiger partial charge >= 0.3 is 0 Å². The molecule has 1 amide bonds. The Bertz CT molecular complexity index is 1190. The number of nitrogens with zero attached hydrogens (tertiary/aromatic N) is 3. The zero-order chi connectivity index (χ0) is 18.3. The number of rotatable bonds is 4. The number of amides is 1. The lowest BCUT2D eigenvalue weighted by Gasteiger charge is -2.07. The summed E-state index contributed by atoms with van der Waals surface area (Å²) in [5.41, 5.74) is 2.49. The van der Waals surface area contributed by atoms with Gasteiger partial charge in [0.05, 0.1) is 23.4 Å². The van der Waals surface area contributed by atoms with E-state index in [0.717, 1.165) is 26.2 Å². The summed E-state index contributed by atoms with van der Waals surface area (Å²) in [6, 6.07) is 5.53. The van der Waals surface area contributed by atoms with Gasteiger partial charge in [-0.25, -0.2) is 4.98 Å². The molecule has 0 fully saturated rings. The van der Waals surface area contributed by atoms with Gasteiger partial charge in [-0.3, -0.25) is 19.3 Å². The molecule has 26 heavy (non-hydrogen) atoms. The number of H-pyrrole nitrogens is 1. The molecule has 0 saturated carbocycles. The molecule has 4 aromatic rings. The standard InChI is InChI=1S/C18H17N5O2S/c1-10-11(2)26-17-16(10)18(25)23(9-19-17)6-5-15(24)21-13-3-4-14-12(7-13)8-20-22-14/h3-4,7-9H,5-6H2,1-2H3,(H,20,22)(H,21,24). The Morgan fingerprint density at radius 1 is 1.35 bits per heavy atom. The summed E-state index contributed by atoms with van der Waals surface area (Å²) in [5, 5.41) is 11.3. The first kappa shape index (κ1) is 16.5. The van der Waals surface area contributed by atoms with Crippen molar-refractivity contribution in [3.8, 4) is 0 Å². The highest BCUT2D eigenvalue weighted by Crippen LogP contribution is 2.25. The van der Waals surface area contributed by atoms with Crippen molar-refractivity contribution < 1.29 is 4.79 Å². The van der Waals surface area contributed by atoms with Crippen molar-refractivity contribution in [2.24, 2.45) is 0 Å². The molecule has 3 heterocycles. The van der Waals surface area contributed by atoms with Gasteiger partial charge in [-0.2, -0.15) is 5.10 Å². The third kappa shape index (κ3) is 2.88. The van der Waals surface area contributed by atoms with Gasteiger partial charge in [-0.1, -0.05) is 0 Å². The van der Waals surface area contributed by atoms with Crippen molar-refractivity contribution in [2.45, 2.75) is 26.8 Å². The quantitative estimate of drug-likeness (QED) is 0.580. The second-order valence-corrected chi connectivity index (χ2v) is 7.38. The Hall–Kier alpha value is -3.00. The smallest absolute Gasteiger partial charge is 0.262 e. The molecule has 0 radical (unpaired) electrons. The molecular formula is C18H17N5O2S. The normalized spacial score (nSPS) is 11.3. The Morgan fingerprint density at radius 3 is 3.04 bits per heavy atom. The summed E-state index contributed by atoms with van der Waals surface area (Å²) in [4.78, 5) is 31.1. The highest BCUT2D eigenvalue weighted by molar-refractivity contribution is 7.18. The number of fused-ring (bicyclic) bond motifs is 2. The van der Waals surface area contributed by atoms with Crippen molar-refractivity contribution in [3.05, 3.63) is 51.5 Å². The number of nitrogens with one attached hydrogen (secondary N) is 2. The lowest BCUT2D eigenvalue weighted by atomic mass is 10.2. The molecule has 0 aliphatic heterocycles. The van der Waals surface area contributed by atoms with Gasteiger partial charge < -0.3 is 5.32 Å². The SMILES string of the molecule is Cc1sc2ncn(CCC(=O)Nc3ccc4[nH]ncc4c3)c(=O)c2c1C. The fourth-order valence-electron chi connectivity index (χ4n) is 2.90. The molecule has 7 nitrogen and oxygen atoms in total. The van der Waals surface area contributed by atoms with E-state index in [9.17, 15) is 9.59 Å². The predicted molar refractivity (Wildman–Crippen MR) is 103 cm³/mol. The van der Waals surface area contributed by atoms with E-state index in [1.165, 1.54) is 22.2 Å². The van der Waals surface area contributed by atoms with Crippen LogP contribution in [-0.4, -0.2) is 25.7 Å². The van der Waals surface area contributed by atoms with Crippen LogP contribution in [0.5, 0.6) is 0 Å². The molecule has 3 aromatic heterocycles. The van der Waals surface area contributed by atoms with Gasteiger partial charge in [0.25, 0.3) is 5.56 Å². The van der Waals surface area contributed by atoms with E-state index in [1.807, 2.05) is 32.0 Å². The zero-order valence-corrected chi connectivity index (χ0v) is 15.2. The molecule has 0 aliphatic carbocycles. The van der Waals surface area contributed by atoms with Crippen LogP contribution in [0.25, 0.3) is 21.1 Å². The minimum atomic E-state index is -0.155. The van der Waals surface area contributed by atoms with Crippen LogP contribution in [0, 0.1) is 13.8 Å². The molecule has 132 valence electrons. The summed E-state index contributed by atoms with van der Waals surface area (Å²) < 4.78 is 1.50. The molecule has 0 saturated heterocycles. The molecular weight excluding hydrogens is 350 g/mol. The van der Waals surface area contributed by atoms with E-state index in [0.29, 0.717) is 11.1 Å². The Morgan fingerprint density at radius 2 is 2.19 bits per heavy atom. The van der Waals surface area contributed by atoms with E-state index < -0.39 is 0 Å². The lowest BCUT2D eigenvalue weighted by Crippen LogP contribution is -2.23. The van der Waals surface area contributed by atoms with Crippen LogP contribution in [0.1, 0.15) is 16.9 Å². The third-order valence-corrected chi connectivity index (χ3v) is 5.57. The lowest BCUT2D eigenvalue weighted by molar-refractivity contribution is -0.116. The second-order valence-electron chi connectivity index (χ2n) is 6.18. The molecule has 0 aliphatic rings. The number of hydrogen-bond acceptors (Lipinski definition) is 5. The van der Waals surface area contributed by atoms with Crippen molar-refractivity contribution in [3.63, 3.8) is 0 Å². The number of benzene rings is 1. The van der Waals surface area contributed by atoms with Crippen molar-refractivity contribution in [2.75, 3.05) is 5.32 Å². The highest BCUT2D eigenvalue weighted by atomic mass is 32.1. The number of aryl methyl sites for hydroxylation is 3. The molecule has 1 aromatic carbocycles. The molecule has 4 rings (SSSR count). The van der Waals surface area contributed by atoms with Crippen LogP contribution in [0.4, 0.5) is 5.69 Å². The van der Waals surface area contributed by atoms with E-state index in [4.69, 9.17) is 0 Å². The summed E-state index contributed by atoms with van der Waals surface area (Å²) in [5.74, 6) is -0.155. The van der Waals surface area contributed by atoms with Gasteiger partial charge in [0, 0.05) is 28.9 Å². The molecule has 0 unspecified atom stereocenters. The Labute approximate surface area is 152 Å². The average molecular weight is 367 g/mol. The Balaban J connectivity index is 1.49. The van der Waals surface area contributed by atoms with Crippen molar-refractivity contribution >= 4 is 44.1 Å². The van der Waals surface area contributed by atoms with E-state index in [-0.39, 0.29) is 24.4 Å². The summed E-state index contributed by atoms with van der Waals surface area (Å²) in [7, 11) is 0. The average Bonchev–Trinajstić information content (AvgIpc) is 3.19. The van der Waals surface area contributed by atoms with Gasteiger partial charge in [0.1, 0.15) is 4.83 Å². The fourth-order valence-corrected chi connectivity index (χ4v) is 3.88. The number of anilines is 1. The second kappa shape index (κ2) is 6.38. The van der Waals surface area contributed by atoms with E-state index in [1.54, 1.807) is 6.20 Å². The van der Waals surface area contributed by atoms with Crippen LogP contribution < -0.4 is 10.9 Å². The first-order chi connectivity index (χ1) is 12.5. The maximum Gasteiger partial charge on any atom is 0.262 e. The van der Waals surface area contributed by atoms with E-state index >= 15 is 0 Å². The van der Waals surface area contributed by atoms with Crippen LogP contribution in [0.15, 0.2) is 35.5 Å². The number of carbonyl (C=O) groups is 1. The first-order valence-corrected chi connectivity index (χ1v) is 9.02. The van der Waals surface area contributed by atoms with Crippen molar-refractivity contribution in [1.82, 2.24) is 19.7 Å². The highest BCUT2D eigenvalue weighted by Gasteiger charge is 2.13. The number of hydrogen-bond donors (Lipinski definition) is 2. The molecule has 0 bridgehead atoms. The van der Waals surface area contributed by atoms with Gasteiger partial charge in [-0.15, -0.1) is 11.3 Å². The minimum Gasteiger partial charge on any atom is -0.326 e. The van der Waals surface area contributed by atoms with Crippen LogP contribution in [0.2, 0.25) is 0 Å². The van der Waals surface area contributed by atoms with Crippen LogP contribution in [0.3, 0.4) is 0 Å². The summed E-state index contributed by atoms with van der Waals surface area (Å²) >= 11 is 1.52. The third-order valence-electron chi connectivity index (χ3n) is 4.46. The zero-order valence-electron chi connectivity index (χ0n) is 14.4. The summed E-state index contributed by atoms with van der Waals surface area (Å²) in [6.07, 6.45) is 3.42. The maximum atomic E-state index is 12.6. The minimum absolute atomic E-state index is 0.0931. The number of aromatic amines is 1. The predicted octanol–water partition coefficient (Wildman–Crippen LogP) is 2.98. The van der Waals surface area contributed by atoms with Gasteiger partial charge in [-0.05, 0) is 37.6 Å². The summed E-state index contributed by atoms with van der Waals surface area (Å²) in [6.45, 7) is 4.20. The number of aromatic nitrogens is 4. The number of thiophene rings is 1. The Kier molecular flexibility index (Phi) is 4.04. The molecule has 8 heteroatoms. The number of carbonyl (C=O) groups excluding carboxylic acids is 1. The topological polar surface area (TPSA) is 92.7 Å². The van der Waals surface area contributed by atoms with Gasteiger partial charge in [0.15, 0.2) is 0 Å². The first-order valence-electron chi connectivity index (χ1n) is 8.21. The monoisotopic (exact) mass is 367 g/mol. The van der Waals surface area contributed by atoms with Crippen molar-refractivity contribution in [1.29, 1.82) is 0 Å². The molecule has 0 atom stereocenters. The fraction of sp³-hybridized carbons (Fsp3) is 0.222.